The number of hydrogen-bond donors (Lipinski definition) is 2. The first-order valence-electron chi connectivity index (χ1n) is 5.51. The van der Waals surface area contributed by atoms with Crippen LogP contribution in [0, 0.1) is 0 Å². The predicted molar refractivity (Wildman–Crippen MR) is 63.6 cm³/mol. The predicted octanol–water partition coefficient (Wildman–Crippen LogP) is 1.94. The zero-order chi connectivity index (χ0) is 11.7. The van der Waals surface area contributed by atoms with Crippen molar-refractivity contribution in [2.45, 2.75) is 32.8 Å². The summed E-state index contributed by atoms with van der Waals surface area (Å²) >= 11 is 0. The number of nitrogen functional groups attached to an aromatic ring is 1. The van der Waals surface area contributed by atoms with Gasteiger partial charge in [0, 0.05) is 0 Å². The smallest absolute Gasteiger partial charge is 0.265 e. The van der Waals surface area contributed by atoms with Crippen LogP contribution in [0.2, 0.25) is 0 Å². The Balaban J connectivity index is 2.40. The number of amides is 1. The fourth-order valence-electron chi connectivity index (χ4n) is 1.84. The largest absolute Gasteiger partial charge is 0.477 e. The number of nitrogens with one attached hydrogen (secondary N) is 1. The van der Waals surface area contributed by atoms with Gasteiger partial charge in [-0.1, -0.05) is 13.3 Å². The molecule has 0 saturated carbocycles. The normalized spacial score (nSPS) is 18.6. The molecule has 2 rings (SSSR count). The molecule has 0 spiro atoms. The van der Waals surface area contributed by atoms with E-state index in [0.29, 0.717) is 17.1 Å². The van der Waals surface area contributed by atoms with Gasteiger partial charge in [-0.25, -0.2) is 0 Å². The minimum Gasteiger partial charge on any atom is -0.477 e. The van der Waals surface area contributed by atoms with Crippen LogP contribution in [-0.2, 0) is 11.2 Å². The molecule has 1 aromatic rings. The van der Waals surface area contributed by atoms with Crippen molar-refractivity contribution < 1.29 is 9.53 Å². The summed E-state index contributed by atoms with van der Waals surface area (Å²) in [6, 6.07) is 3.84. The summed E-state index contributed by atoms with van der Waals surface area (Å²) in [7, 11) is 0. The van der Waals surface area contributed by atoms with Crippen LogP contribution in [0.1, 0.15) is 25.8 Å². The van der Waals surface area contributed by atoms with Crippen LogP contribution in [0.5, 0.6) is 5.75 Å². The highest BCUT2D eigenvalue weighted by Gasteiger charge is 2.25. The molecule has 0 saturated heterocycles. The SMILES string of the molecule is CCCc1cc(N)c2c(c1)NC(=O)C(C)O2. The van der Waals surface area contributed by atoms with Crippen LogP contribution in [0.4, 0.5) is 11.4 Å². The molecule has 1 atom stereocenters. The number of hydrogen-bond acceptors (Lipinski definition) is 3. The average molecular weight is 220 g/mol. The molecule has 1 aliphatic heterocycles. The maximum atomic E-state index is 11.5. The molecule has 1 aromatic carbocycles. The maximum Gasteiger partial charge on any atom is 0.265 e. The third-order valence-electron chi connectivity index (χ3n) is 2.64. The number of ether oxygens (including phenoxy) is 1. The molecule has 86 valence electrons. The lowest BCUT2D eigenvalue weighted by atomic mass is 10.1. The number of carbonyl (C=O) groups excluding carboxylic acids is 1. The van der Waals surface area contributed by atoms with Crippen molar-refractivity contribution >= 4 is 17.3 Å². The molecule has 1 amide bonds. The van der Waals surface area contributed by atoms with E-state index < -0.39 is 6.10 Å². The molecule has 1 unspecified atom stereocenters. The topological polar surface area (TPSA) is 64.3 Å². The fraction of sp³-hybridized carbons (Fsp3) is 0.417. The van der Waals surface area contributed by atoms with E-state index in [1.54, 1.807) is 6.92 Å². The Morgan fingerprint density at radius 2 is 2.25 bits per heavy atom. The summed E-state index contributed by atoms with van der Waals surface area (Å²) in [5.41, 5.74) is 8.30. The van der Waals surface area contributed by atoms with E-state index in [9.17, 15) is 4.79 Å². The number of rotatable bonds is 2. The molecule has 0 radical (unpaired) electrons. The van der Waals surface area contributed by atoms with Gasteiger partial charge in [0.15, 0.2) is 11.9 Å². The molecule has 3 N–H and O–H groups in total. The first kappa shape index (κ1) is 10.8. The standard InChI is InChI=1S/C12H16N2O2/c1-3-4-8-5-9(13)11-10(6-8)14-12(15)7(2)16-11/h5-7H,3-4,13H2,1-2H3,(H,14,15). The Kier molecular flexibility index (Phi) is 2.73. The van der Waals surface area contributed by atoms with E-state index in [4.69, 9.17) is 10.5 Å². The Morgan fingerprint density at radius 1 is 1.50 bits per heavy atom. The van der Waals surface area contributed by atoms with Gasteiger partial charge in [-0.3, -0.25) is 4.79 Å². The van der Waals surface area contributed by atoms with Crippen LogP contribution in [0.25, 0.3) is 0 Å². The van der Waals surface area contributed by atoms with E-state index in [-0.39, 0.29) is 5.91 Å². The van der Waals surface area contributed by atoms with Crippen molar-refractivity contribution in [3.05, 3.63) is 17.7 Å². The van der Waals surface area contributed by atoms with Gasteiger partial charge in [-0.05, 0) is 31.0 Å². The van der Waals surface area contributed by atoms with Crippen molar-refractivity contribution in [3.63, 3.8) is 0 Å². The van der Waals surface area contributed by atoms with Gasteiger partial charge in [-0.2, -0.15) is 0 Å². The summed E-state index contributed by atoms with van der Waals surface area (Å²) in [6.45, 7) is 3.81. The second-order valence-corrected chi connectivity index (χ2v) is 4.06. The summed E-state index contributed by atoms with van der Waals surface area (Å²) in [5.74, 6) is 0.465. The number of nitrogens with two attached hydrogens (primary N) is 1. The van der Waals surface area contributed by atoms with Gasteiger partial charge in [0.2, 0.25) is 0 Å². The van der Waals surface area contributed by atoms with Crippen LogP contribution >= 0.6 is 0 Å². The van der Waals surface area contributed by atoms with E-state index >= 15 is 0 Å². The summed E-state index contributed by atoms with van der Waals surface area (Å²) < 4.78 is 5.47. The lowest BCUT2D eigenvalue weighted by molar-refractivity contribution is -0.122. The van der Waals surface area contributed by atoms with E-state index in [1.807, 2.05) is 12.1 Å². The van der Waals surface area contributed by atoms with Crippen LogP contribution in [0.3, 0.4) is 0 Å². The molecule has 1 aliphatic rings. The van der Waals surface area contributed by atoms with Gasteiger partial charge >= 0.3 is 0 Å². The first-order valence-corrected chi connectivity index (χ1v) is 5.51. The van der Waals surface area contributed by atoms with Crippen LogP contribution < -0.4 is 15.8 Å². The summed E-state index contributed by atoms with van der Waals surface area (Å²) in [5, 5.41) is 2.81. The molecular formula is C12H16N2O2. The average Bonchev–Trinajstić information content (AvgIpc) is 2.22. The zero-order valence-electron chi connectivity index (χ0n) is 9.54. The quantitative estimate of drug-likeness (QED) is 0.748. The molecule has 0 fully saturated rings. The molecule has 4 nitrogen and oxygen atoms in total. The fourth-order valence-corrected chi connectivity index (χ4v) is 1.84. The Bertz CT molecular complexity index is 429. The van der Waals surface area contributed by atoms with Gasteiger partial charge in [0.05, 0.1) is 11.4 Å². The maximum absolute atomic E-state index is 11.5. The number of fused-ring (bicyclic) bond motifs is 1. The molecule has 4 heteroatoms. The molecule has 0 aliphatic carbocycles. The van der Waals surface area contributed by atoms with E-state index in [0.717, 1.165) is 18.4 Å². The zero-order valence-corrected chi connectivity index (χ0v) is 9.54. The number of carbonyl (C=O) groups is 1. The minimum absolute atomic E-state index is 0.124. The second-order valence-electron chi connectivity index (χ2n) is 4.06. The number of aryl methyl sites for hydroxylation is 1. The highest BCUT2D eigenvalue weighted by molar-refractivity contribution is 5.99. The molecule has 1 heterocycles. The van der Waals surface area contributed by atoms with Crippen molar-refractivity contribution in [3.8, 4) is 5.75 Å². The van der Waals surface area contributed by atoms with Gasteiger partial charge in [0.1, 0.15) is 0 Å². The minimum atomic E-state index is -0.480. The van der Waals surface area contributed by atoms with Crippen LogP contribution in [0.15, 0.2) is 12.1 Å². The van der Waals surface area contributed by atoms with Crippen molar-refractivity contribution in [1.29, 1.82) is 0 Å². The summed E-state index contributed by atoms with van der Waals surface area (Å²) in [6.07, 6.45) is 1.51. The third kappa shape index (κ3) is 1.83. The van der Waals surface area contributed by atoms with Crippen LogP contribution in [-0.4, -0.2) is 12.0 Å². The first-order chi connectivity index (χ1) is 7.61. The number of benzene rings is 1. The monoisotopic (exact) mass is 220 g/mol. The van der Waals surface area contributed by atoms with Gasteiger partial charge < -0.3 is 15.8 Å². The second kappa shape index (κ2) is 4.04. The molecule has 16 heavy (non-hydrogen) atoms. The summed E-state index contributed by atoms with van der Waals surface area (Å²) in [4.78, 5) is 11.5. The van der Waals surface area contributed by atoms with E-state index in [1.165, 1.54) is 0 Å². The van der Waals surface area contributed by atoms with E-state index in [2.05, 4.69) is 12.2 Å². The highest BCUT2D eigenvalue weighted by Crippen LogP contribution is 2.36. The number of anilines is 2. The van der Waals surface area contributed by atoms with Crippen molar-refractivity contribution in [1.82, 2.24) is 0 Å². The molecular weight excluding hydrogens is 204 g/mol. The Labute approximate surface area is 94.8 Å². The van der Waals surface area contributed by atoms with Gasteiger partial charge in [-0.15, -0.1) is 0 Å². The highest BCUT2D eigenvalue weighted by atomic mass is 16.5. The lowest BCUT2D eigenvalue weighted by Crippen LogP contribution is -2.34. The van der Waals surface area contributed by atoms with Gasteiger partial charge in [0.25, 0.3) is 5.91 Å². The van der Waals surface area contributed by atoms with Crippen molar-refractivity contribution in [2.75, 3.05) is 11.1 Å². The molecule has 0 aromatic heterocycles. The molecule has 0 bridgehead atoms. The Hall–Kier alpha value is -1.71. The Morgan fingerprint density at radius 3 is 2.94 bits per heavy atom. The van der Waals surface area contributed by atoms with Crippen molar-refractivity contribution in [2.24, 2.45) is 0 Å². The third-order valence-corrected chi connectivity index (χ3v) is 2.64. The lowest BCUT2D eigenvalue weighted by Gasteiger charge is -2.25.